The van der Waals surface area contributed by atoms with Gasteiger partial charge in [-0.2, -0.15) is 0 Å². The van der Waals surface area contributed by atoms with Gasteiger partial charge in [-0.3, -0.25) is 14.5 Å². The second-order valence-corrected chi connectivity index (χ2v) is 4.36. The molecule has 3 aromatic rings. The Morgan fingerprint density at radius 1 is 1.14 bits per heavy atom. The summed E-state index contributed by atoms with van der Waals surface area (Å²) < 4.78 is 1.41. The van der Waals surface area contributed by atoms with Crippen LogP contribution in [0.2, 0.25) is 0 Å². The van der Waals surface area contributed by atoms with Gasteiger partial charge in [0.05, 0.1) is 22.3 Å². The molecule has 0 atom stereocenters. The number of carboxylic acids is 1. The van der Waals surface area contributed by atoms with Crippen molar-refractivity contribution in [2.75, 3.05) is 0 Å². The first kappa shape index (κ1) is 12.8. The maximum atomic E-state index is 11.0. The van der Waals surface area contributed by atoms with Crippen molar-refractivity contribution in [1.82, 2.24) is 9.38 Å². The largest absolute Gasteiger partial charge is 0.543 e. The van der Waals surface area contributed by atoms with E-state index < -0.39 is 10.9 Å². The second-order valence-electron chi connectivity index (χ2n) is 4.36. The maximum absolute atomic E-state index is 11.0. The highest BCUT2D eigenvalue weighted by molar-refractivity contribution is 5.85. The molecule has 0 aliphatic carbocycles. The van der Waals surface area contributed by atoms with Gasteiger partial charge >= 0.3 is 0 Å². The number of fused-ring (bicyclic) bond motifs is 1. The fraction of sp³-hybridized carbons (Fsp3) is 0. The number of aromatic nitrogens is 2. The molecule has 0 radical (unpaired) electrons. The number of benzene rings is 1. The van der Waals surface area contributed by atoms with Crippen molar-refractivity contribution >= 4 is 17.3 Å². The first-order valence-corrected chi connectivity index (χ1v) is 6.00. The molecule has 0 amide bonds. The topological polar surface area (TPSA) is 101 Å². The van der Waals surface area contributed by atoms with Crippen LogP contribution in [0.4, 0.5) is 5.69 Å². The molecule has 0 fully saturated rings. The zero-order valence-corrected chi connectivity index (χ0v) is 10.6. The Morgan fingerprint density at radius 2 is 1.86 bits per heavy atom. The number of carbonyl (C=O) groups is 1. The second kappa shape index (κ2) is 4.71. The lowest BCUT2D eigenvalue weighted by molar-refractivity contribution is -0.384. The zero-order chi connectivity index (χ0) is 15.0. The van der Waals surface area contributed by atoms with Gasteiger partial charge < -0.3 is 9.90 Å². The number of rotatable bonds is 3. The number of imidazole rings is 1. The summed E-state index contributed by atoms with van der Waals surface area (Å²) in [4.78, 5) is 25.5. The van der Waals surface area contributed by atoms with E-state index in [0.717, 1.165) is 0 Å². The number of nitro groups is 1. The van der Waals surface area contributed by atoms with Gasteiger partial charge in [-0.05, 0) is 24.3 Å². The van der Waals surface area contributed by atoms with Crippen molar-refractivity contribution in [3.05, 3.63) is 64.5 Å². The molecule has 1 aromatic carbocycles. The van der Waals surface area contributed by atoms with Gasteiger partial charge in [0, 0.05) is 23.9 Å². The molecule has 0 unspecified atom stereocenters. The van der Waals surface area contributed by atoms with Crippen LogP contribution in [0.5, 0.6) is 0 Å². The van der Waals surface area contributed by atoms with Gasteiger partial charge in [-0.15, -0.1) is 0 Å². The van der Waals surface area contributed by atoms with Crippen LogP contribution in [-0.4, -0.2) is 20.3 Å². The molecular formula is C14H8N3O4-. The fourth-order valence-electron chi connectivity index (χ4n) is 2.07. The van der Waals surface area contributed by atoms with Crippen LogP contribution in [0.15, 0.2) is 48.7 Å². The zero-order valence-electron chi connectivity index (χ0n) is 10.6. The maximum Gasteiger partial charge on any atom is 0.269 e. The summed E-state index contributed by atoms with van der Waals surface area (Å²) in [7, 11) is 0. The van der Waals surface area contributed by atoms with Crippen LogP contribution < -0.4 is 5.11 Å². The number of non-ortho nitro benzene ring substituents is 1. The smallest absolute Gasteiger partial charge is 0.269 e. The van der Waals surface area contributed by atoms with Crippen molar-refractivity contribution in [2.45, 2.75) is 0 Å². The molecule has 0 N–H and O–H groups in total. The van der Waals surface area contributed by atoms with Gasteiger partial charge in [0.2, 0.25) is 0 Å². The Balaban J connectivity index is 2.11. The van der Waals surface area contributed by atoms with Crippen LogP contribution >= 0.6 is 0 Å². The molecule has 0 aliphatic rings. The summed E-state index contributed by atoms with van der Waals surface area (Å²) >= 11 is 0. The lowest BCUT2D eigenvalue weighted by atomic mass is 10.1. The average Bonchev–Trinajstić information content (AvgIpc) is 2.90. The molecule has 7 nitrogen and oxygen atoms in total. The molecule has 104 valence electrons. The van der Waals surface area contributed by atoms with Crippen LogP contribution in [0.1, 0.15) is 10.5 Å². The van der Waals surface area contributed by atoms with E-state index in [4.69, 9.17) is 0 Å². The molecule has 0 spiro atoms. The van der Waals surface area contributed by atoms with Crippen LogP contribution in [-0.2, 0) is 0 Å². The molecule has 3 rings (SSSR count). The molecule has 21 heavy (non-hydrogen) atoms. The van der Waals surface area contributed by atoms with E-state index in [0.29, 0.717) is 16.9 Å². The van der Waals surface area contributed by atoms with Gasteiger partial charge in [0.25, 0.3) is 5.69 Å². The lowest BCUT2D eigenvalue weighted by Gasteiger charge is -2.04. The fourth-order valence-corrected chi connectivity index (χ4v) is 2.07. The van der Waals surface area contributed by atoms with Gasteiger partial charge in [-0.25, -0.2) is 4.98 Å². The van der Waals surface area contributed by atoms with Crippen LogP contribution in [0.25, 0.3) is 16.9 Å². The molecule has 0 bridgehead atoms. The normalized spacial score (nSPS) is 10.7. The first-order valence-electron chi connectivity index (χ1n) is 6.00. The predicted molar refractivity (Wildman–Crippen MR) is 71.6 cm³/mol. The van der Waals surface area contributed by atoms with Crippen molar-refractivity contribution in [3.63, 3.8) is 0 Å². The number of hydrogen-bond acceptors (Lipinski definition) is 5. The van der Waals surface area contributed by atoms with E-state index in [1.165, 1.54) is 22.6 Å². The number of pyridine rings is 1. The van der Waals surface area contributed by atoms with Gasteiger partial charge in [-0.1, -0.05) is 6.07 Å². The highest BCUT2D eigenvalue weighted by Crippen LogP contribution is 2.22. The molecule has 2 aromatic heterocycles. The summed E-state index contributed by atoms with van der Waals surface area (Å²) in [5.41, 5.74) is 1.63. The SMILES string of the molecule is O=C([O-])c1cccc2nc(-c3ccc([N+](=O)[O-])cc3)cn12. The van der Waals surface area contributed by atoms with E-state index in [2.05, 4.69) is 4.98 Å². The first-order chi connectivity index (χ1) is 10.1. The Bertz CT molecular complexity index is 852. The standard InChI is InChI=1S/C14H9N3O4/c18-14(19)12-2-1-3-13-15-11(8-16(12)13)9-4-6-10(7-5-9)17(20)21/h1-8H,(H,18,19)/p-1. The monoisotopic (exact) mass is 282 g/mol. The Hall–Kier alpha value is -3.22. The van der Waals surface area contributed by atoms with Gasteiger partial charge in [0.1, 0.15) is 5.65 Å². The summed E-state index contributed by atoms with van der Waals surface area (Å²) in [6.45, 7) is 0. The number of carbonyl (C=O) groups excluding carboxylic acids is 1. The third kappa shape index (κ3) is 2.20. The summed E-state index contributed by atoms with van der Waals surface area (Å²) in [5, 5.41) is 21.7. The summed E-state index contributed by atoms with van der Waals surface area (Å²) in [6.07, 6.45) is 1.56. The van der Waals surface area contributed by atoms with Crippen molar-refractivity contribution in [1.29, 1.82) is 0 Å². The minimum atomic E-state index is -1.30. The molecule has 2 heterocycles. The molecule has 0 aliphatic heterocycles. The number of nitro benzene ring substituents is 1. The minimum absolute atomic E-state index is 0.00633. The van der Waals surface area contributed by atoms with E-state index in [1.807, 2.05) is 0 Å². The van der Waals surface area contributed by atoms with E-state index >= 15 is 0 Å². The predicted octanol–water partition coefficient (Wildman–Crippen LogP) is 1.27. The molecule has 7 heteroatoms. The van der Waals surface area contributed by atoms with E-state index in [9.17, 15) is 20.0 Å². The molecule has 0 saturated carbocycles. The third-order valence-corrected chi connectivity index (χ3v) is 3.08. The summed E-state index contributed by atoms with van der Waals surface area (Å²) in [5.74, 6) is -1.30. The third-order valence-electron chi connectivity index (χ3n) is 3.08. The Morgan fingerprint density at radius 3 is 2.48 bits per heavy atom. The summed E-state index contributed by atoms with van der Waals surface area (Å²) in [6, 6.07) is 10.5. The minimum Gasteiger partial charge on any atom is -0.543 e. The van der Waals surface area contributed by atoms with Gasteiger partial charge in [0.15, 0.2) is 0 Å². The van der Waals surface area contributed by atoms with Crippen molar-refractivity contribution < 1.29 is 14.8 Å². The number of carboxylic acid groups (broad SMARTS) is 1. The highest BCUT2D eigenvalue weighted by Gasteiger charge is 2.09. The molecule has 0 saturated heterocycles. The Labute approximate surface area is 118 Å². The van der Waals surface area contributed by atoms with Crippen molar-refractivity contribution in [3.8, 4) is 11.3 Å². The highest BCUT2D eigenvalue weighted by atomic mass is 16.6. The van der Waals surface area contributed by atoms with Crippen molar-refractivity contribution in [2.24, 2.45) is 0 Å². The number of nitrogens with zero attached hydrogens (tertiary/aromatic N) is 3. The van der Waals surface area contributed by atoms with Crippen LogP contribution in [0.3, 0.4) is 0 Å². The van der Waals surface area contributed by atoms with E-state index in [-0.39, 0.29) is 11.4 Å². The van der Waals surface area contributed by atoms with Crippen LogP contribution in [0, 0.1) is 10.1 Å². The average molecular weight is 282 g/mol. The lowest BCUT2D eigenvalue weighted by Crippen LogP contribution is -2.24. The number of aromatic carboxylic acids is 1. The number of hydrogen-bond donors (Lipinski definition) is 0. The van der Waals surface area contributed by atoms with E-state index in [1.54, 1.807) is 30.5 Å². The Kier molecular flexibility index (Phi) is 2.87. The quantitative estimate of drug-likeness (QED) is 0.532. The molecular weight excluding hydrogens is 274 g/mol.